The van der Waals surface area contributed by atoms with Gasteiger partial charge in [0, 0.05) is 35.8 Å². The van der Waals surface area contributed by atoms with Crippen LogP contribution < -0.4 is 31.3 Å². The molecule has 0 saturated carbocycles. The number of nitrogens with two attached hydrogens (primary N) is 2. The van der Waals surface area contributed by atoms with E-state index in [1.807, 2.05) is 0 Å². The highest BCUT2D eigenvalue weighted by Crippen LogP contribution is 2.43. The normalized spacial score (nSPS) is 20.1. The van der Waals surface area contributed by atoms with Crippen molar-refractivity contribution in [2.75, 3.05) is 42.9 Å². The molecule has 48 heavy (non-hydrogen) atoms. The molecule has 252 valence electrons. The van der Waals surface area contributed by atoms with Crippen LogP contribution in [0.4, 0.5) is 15.8 Å². The van der Waals surface area contributed by atoms with E-state index in [1.165, 1.54) is 17.2 Å². The van der Waals surface area contributed by atoms with E-state index in [4.69, 9.17) is 15.9 Å². The zero-order valence-corrected chi connectivity index (χ0v) is 27.1. The van der Waals surface area contributed by atoms with E-state index in [0.29, 0.717) is 65.0 Å². The molecule has 2 aromatic carbocycles. The summed E-state index contributed by atoms with van der Waals surface area (Å²) in [6.07, 6.45) is 2.31. The summed E-state index contributed by atoms with van der Waals surface area (Å²) in [5, 5.41) is 17.7. The highest BCUT2D eigenvalue weighted by molar-refractivity contribution is 6.16. The Morgan fingerprint density at radius 3 is 2.56 bits per heavy atom. The smallest absolute Gasteiger partial charge is 0.340 e. The van der Waals surface area contributed by atoms with Crippen LogP contribution in [0.25, 0.3) is 22.0 Å². The van der Waals surface area contributed by atoms with Crippen molar-refractivity contribution in [1.29, 1.82) is 0 Å². The predicted octanol–water partition coefficient (Wildman–Crippen LogP) is 0.262. The minimum Gasteiger partial charge on any atom is -0.459 e. The number of esters is 1. The third-order valence-corrected chi connectivity index (χ3v) is 9.11. The number of hydrogen-bond acceptors (Lipinski definition) is 8. The molecule has 5 heterocycles. The number of halogens is 1. The Morgan fingerprint density at radius 1 is 1.15 bits per heavy atom. The van der Waals surface area contributed by atoms with Crippen LogP contribution in [0.5, 0.6) is 0 Å². The number of quaternary nitrogens is 1. The number of aromatic nitrogens is 2. The average molecular weight is 663 g/mol. The lowest BCUT2D eigenvalue weighted by atomic mass is 9.83. The summed E-state index contributed by atoms with van der Waals surface area (Å²) in [5.41, 5.74) is 7.70. The van der Waals surface area contributed by atoms with Gasteiger partial charge in [-0.25, -0.2) is 9.18 Å². The number of amides is 4. The quantitative estimate of drug-likeness (QED) is 0.205. The topological polar surface area (TPSA) is 191 Å². The maximum absolute atomic E-state index is 16.0. The second kappa shape index (κ2) is 12.1. The molecule has 0 radical (unpaired) electrons. The highest BCUT2D eigenvalue weighted by Gasteiger charge is 2.48. The van der Waals surface area contributed by atoms with Crippen molar-refractivity contribution in [3.8, 4) is 11.1 Å². The van der Waals surface area contributed by atoms with Crippen LogP contribution in [-0.4, -0.2) is 83.5 Å². The zero-order valence-electron chi connectivity index (χ0n) is 27.1. The number of piperidine rings is 1. The van der Waals surface area contributed by atoms with Gasteiger partial charge in [-0.1, -0.05) is 10.9 Å². The Morgan fingerprint density at radius 2 is 1.88 bits per heavy atom. The Kier molecular flexibility index (Phi) is 8.27. The molecule has 0 unspecified atom stereocenters. The van der Waals surface area contributed by atoms with Crippen molar-refractivity contribution in [1.82, 2.24) is 19.8 Å². The second-order valence-electron chi connectivity index (χ2n) is 13.5. The number of benzene rings is 2. The summed E-state index contributed by atoms with van der Waals surface area (Å²) in [5.74, 6) is -3.12. The summed E-state index contributed by atoms with van der Waals surface area (Å²) in [6, 6.07) is 6.31. The molecule has 4 bridgehead atoms. The number of ether oxygens (including phenoxy) is 1. The Labute approximate surface area is 275 Å². The number of nitrogens with one attached hydrogen (secondary N) is 2. The summed E-state index contributed by atoms with van der Waals surface area (Å²) in [6.45, 7) is 4.92. The molecule has 1 fully saturated rings. The fraction of sp³-hybridized carbons (Fsp3) is 0.424. The molecule has 0 atom stereocenters. The third kappa shape index (κ3) is 5.89. The van der Waals surface area contributed by atoms with E-state index in [2.05, 4.69) is 15.7 Å². The maximum Gasteiger partial charge on any atom is 0.340 e. The number of rotatable bonds is 7. The van der Waals surface area contributed by atoms with Gasteiger partial charge in [0.05, 0.1) is 42.0 Å². The number of hydrogen-bond donors (Lipinski definition) is 4. The van der Waals surface area contributed by atoms with E-state index in [0.717, 1.165) is 0 Å². The molecule has 7 rings (SSSR count). The number of anilines is 2. The number of nitrogens with zero attached hydrogens (tertiary/aromatic N) is 4. The zero-order chi connectivity index (χ0) is 34.5. The summed E-state index contributed by atoms with van der Waals surface area (Å²) in [7, 11) is 0. The summed E-state index contributed by atoms with van der Waals surface area (Å²) in [4.78, 5) is 66.5. The van der Waals surface area contributed by atoms with Crippen LogP contribution in [0, 0.1) is 11.7 Å². The van der Waals surface area contributed by atoms with Gasteiger partial charge >= 0.3 is 11.9 Å². The molecule has 4 aliphatic rings. The van der Waals surface area contributed by atoms with Crippen LogP contribution in [0.1, 0.15) is 52.0 Å². The fourth-order valence-electron chi connectivity index (χ4n) is 6.87. The van der Waals surface area contributed by atoms with Gasteiger partial charge in [-0.3, -0.25) is 29.5 Å². The predicted molar refractivity (Wildman–Crippen MR) is 174 cm³/mol. The maximum atomic E-state index is 16.0. The van der Waals surface area contributed by atoms with Crippen LogP contribution in [0.2, 0.25) is 0 Å². The second-order valence-corrected chi connectivity index (χ2v) is 13.5. The Hall–Kier alpha value is -5.18. The first-order valence-corrected chi connectivity index (χ1v) is 15.9. The molecule has 1 saturated heterocycles. The van der Waals surface area contributed by atoms with Gasteiger partial charge in [-0.2, -0.15) is 0 Å². The fourth-order valence-corrected chi connectivity index (χ4v) is 6.87. The van der Waals surface area contributed by atoms with Crippen LogP contribution in [-0.2, 0) is 28.7 Å². The van der Waals surface area contributed by atoms with Gasteiger partial charge in [-0.15, -0.1) is 9.69 Å². The summed E-state index contributed by atoms with van der Waals surface area (Å²) < 4.78 is 21.0. The lowest BCUT2D eigenvalue weighted by Crippen LogP contribution is -2.67. The van der Waals surface area contributed by atoms with Crippen molar-refractivity contribution in [2.45, 2.75) is 52.1 Å². The van der Waals surface area contributed by atoms with Gasteiger partial charge in [0.2, 0.25) is 17.7 Å². The molecular weight excluding hydrogens is 623 g/mol. The van der Waals surface area contributed by atoms with Gasteiger partial charge in [-0.05, 0) is 39.0 Å². The van der Waals surface area contributed by atoms with Crippen LogP contribution in [0.15, 0.2) is 30.5 Å². The summed E-state index contributed by atoms with van der Waals surface area (Å²) >= 11 is 0. The molecular formula is C33H39FN8O6+2. The van der Waals surface area contributed by atoms with Crippen molar-refractivity contribution in [2.24, 2.45) is 11.7 Å². The average Bonchev–Trinajstić information content (AvgIpc) is 3.44. The van der Waals surface area contributed by atoms with Crippen LogP contribution in [0.3, 0.4) is 0 Å². The van der Waals surface area contributed by atoms with E-state index in [1.54, 1.807) is 43.8 Å². The lowest BCUT2D eigenvalue weighted by Gasteiger charge is -2.39. The minimum absolute atomic E-state index is 0.0680. The molecule has 6 N–H and O–H groups in total. The number of carbonyl (C=O) groups excluding carboxylic acids is 5. The first-order valence-electron chi connectivity index (χ1n) is 15.9. The third-order valence-electron chi connectivity index (χ3n) is 9.11. The number of primary amides is 1. The molecule has 4 amide bonds. The molecule has 15 heteroatoms. The van der Waals surface area contributed by atoms with E-state index in [-0.39, 0.29) is 60.4 Å². The number of fused-ring (bicyclic) bond motifs is 3. The standard InChI is InChI=1S/C33H37FN8O6/c1-33(2,3)48-29(47)16-37-26(44)17-40-23-5-4-20-21-13-24-19(12-22(21)34)14-39-41(24)42(28(46)7-6-25(35)43)10-8-18(9-11-42)31(36)30(20)32(23)38-15-27(40)45/h4-5,12-14,18H,6-11,15-17H2,1-3H3,(H4-,35,36,37,38,43,44)/p+2. The molecule has 3 aromatic rings. The molecule has 0 spiro atoms. The largest absolute Gasteiger partial charge is 0.459 e. The molecule has 1 aromatic heterocycles. The molecule has 4 aliphatic heterocycles. The first kappa shape index (κ1) is 32.7. The Balaban J connectivity index is 1.41. The highest BCUT2D eigenvalue weighted by atomic mass is 19.1. The van der Waals surface area contributed by atoms with Gasteiger partial charge in [0.15, 0.2) is 5.71 Å². The van der Waals surface area contributed by atoms with Crippen molar-refractivity contribution >= 4 is 57.6 Å². The van der Waals surface area contributed by atoms with Crippen molar-refractivity contribution < 1.29 is 38.5 Å². The van der Waals surface area contributed by atoms with Crippen LogP contribution >= 0.6 is 0 Å². The van der Waals surface area contributed by atoms with Gasteiger partial charge < -0.3 is 21.1 Å². The monoisotopic (exact) mass is 662 g/mol. The lowest BCUT2D eigenvalue weighted by molar-refractivity contribution is -0.154. The Bertz CT molecular complexity index is 1890. The van der Waals surface area contributed by atoms with Gasteiger partial charge in [0.1, 0.15) is 43.1 Å². The van der Waals surface area contributed by atoms with Gasteiger partial charge in [0.25, 0.3) is 0 Å². The number of carbonyl (C=O) groups is 5. The molecule has 14 nitrogen and oxygen atoms in total. The minimum atomic E-state index is -0.720. The van der Waals surface area contributed by atoms with E-state index < -0.39 is 29.2 Å². The SMILES string of the molecule is CC(C)(C)OC(=O)CNC(=O)CN1C(=O)CNc2c1ccc1c2C(=[NH2+])C2CC[N+](C(=O)CCC(N)=O)(CC2)n2ncc3cc(F)c-1cc32. The molecule has 0 aliphatic carbocycles. The van der Waals surface area contributed by atoms with Crippen molar-refractivity contribution in [3.05, 3.63) is 41.8 Å². The van der Waals surface area contributed by atoms with E-state index >= 15 is 4.39 Å². The van der Waals surface area contributed by atoms with E-state index in [9.17, 15) is 24.0 Å². The first-order chi connectivity index (χ1) is 22.7. The van der Waals surface area contributed by atoms with Crippen molar-refractivity contribution in [3.63, 3.8) is 0 Å².